The van der Waals surface area contributed by atoms with E-state index in [1.54, 1.807) is 0 Å². The van der Waals surface area contributed by atoms with Crippen molar-refractivity contribution in [1.82, 2.24) is 0 Å². The smallest absolute Gasteiger partial charge is 0.465 e. The minimum absolute atomic E-state index is 0.193. The lowest BCUT2D eigenvalue weighted by Crippen LogP contribution is -2.35. The topological polar surface area (TPSA) is 66.8 Å². The van der Waals surface area contributed by atoms with E-state index >= 15 is 0 Å². The largest absolute Gasteiger partial charge is 0.489 e. The van der Waals surface area contributed by atoms with Crippen LogP contribution in [0.4, 0.5) is 0 Å². The quantitative estimate of drug-likeness (QED) is 0.535. The fourth-order valence-corrected chi connectivity index (χ4v) is 1.15. The first-order valence-electron chi connectivity index (χ1n) is 6.61. The van der Waals surface area contributed by atoms with Crippen molar-refractivity contribution in [1.29, 1.82) is 0 Å². The summed E-state index contributed by atoms with van der Waals surface area (Å²) in [6.45, 7) is -2.93. The van der Waals surface area contributed by atoms with Gasteiger partial charge in [-0.2, -0.15) is 0 Å². The summed E-state index contributed by atoms with van der Waals surface area (Å²) in [5, 5.41) is 18.3. The van der Waals surface area contributed by atoms with Gasteiger partial charge in [-0.25, -0.2) is 4.79 Å². The van der Waals surface area contributed by atoms with Gasteiger partial charge in [0.25, 0.3) is 0 Å². The standard InChI is InChI=1S/C10H13BO4/c1-3-7-4-5-9(11(13)14)8(6-7)10(12)15-2/h4-6,13-14H,3H2,1-2H3/i1D3,3D2. The lowest BCUT2D eigenvalue weighted by atomic mass is 9.76. The highest BCUT2D eigenvalue weighted by Crippen LogP contribution is 2.06. The van der Waals surface area contributed by atoms with Gasteiger partial charge in [-0.15, -0.1) is 0 Å². The van der Waals surface area contributed by atoms with Crippen LogP contribution in [0.1, 0.15) is 29.6 Å². The van der Waals surface area contributed by atoms with Crippen molar-refractivity contribution in [3.8, 4) is 0 Å². The number of hydrogen-bond donors (Lipinski definition) is 2. The molecule has 0 atom stereocenters. The molecular weight excluding hydrogens is 195 g/mol. The molecule has 0 radical (unpaired) electrons. The molecule has 80 valence electrons. The molecule has 2 N–H and O–H groups in total. The molecule has 0 bridgehead atoms. The Hall–Kier alpha value is -1.33. The monoisotopic (exact) mass is 213 g/mol. The van der Waals surface area contributed by atoms with Crippen LogP contribution in [0.3, 0.4) is 0 Å². The van der Waals surface area contributed by atoms with Crippen LogP contribution in [0.2, 0.25) is 0 Å². The average Bonchev–Trinajstić information content (AvgIpc) is 2.35. The predicted octanol–water partition coefficient (Wildman–Crippen LogP) is -0.285. The maximum atomic E-state index is 11.6. The second-order valence-corrected chi connectivity index (χ2v) is 2.79. The molecule has 0 aromatic heterocycles. The van der Waals surface area contributed by atoms with Crippen molar-refractivity contribution in [3.05, 3.63) is 29.3 Å². The fraction of sp³-hybridized carbons (Fsp3) is 0.300. The summed E-state index contributed by atoms with van der Waals surface area (Å²) >= 11 is 0. The second kappa shape index (κ2) is 4.95. The lowest BCUT2D eigenvalue weighted by molar-refractivity contribution is 0.0601. The van der Waals surface area contributed by atoms with Crippen molar-refractivity contribution in [2.24, 2.45) is 0 Å². The Kier molecular flexibility index (Phi) is 2.08. The van der Waals surface area contributed by atoms with Gasteiger partial charge >= 0.3 is 13.1 Å². The Labute approximate surface area is 95.7 Å². The van der Waals surface area contributed by atoms with Gasteiger partial charge in [0.2, 0.25) is 0 Å². The molecular formula is C10H13BO4. The highest BCUT2D eigenvalue weighted by molar-refractivity contribution is 6.60. The summed E-state index contributed by atoms with van der Waals surface area (Å²) in [6.07, 6.45) is -2.69. The maximum Gasteiger partial charge on any atom is 0.489 e. The van der Waals surface area contributed by atoms with E-state index in [9.17, 15) is 4.79 Å². The number of carbonyl (C=O) groups excluding carboxylic acids is 1. The van der Waals surface area contributed by atoms with Crippen LogP contribution in [0.5, 0.6) is 0 Å². The maximum absolute atomic E-state index is 11.6. The Balaban J connectivity index is 3.44. The molecule has 0 aliphatic carbocycles. The first kappa shape index (κ1) is 6.30. The third kappa shape index (κ3) is 2.58. The number of carbonyl (C=O) groups is 1. The molecule has 0 fully saturated rings. The Morgan fingerprint density at radius 3 is 2.93 bits per heavy atom. The molecule has 0 aliphatic rings. The molecule has 0 unspecified atom stereocenters. The zero-order valence-corrected chi connectivity index (χ0v) is 8.02. The van der Waals surface area contributed by atoms with Crippen molar-refractivity contribution in [2.45, 2.75) is 13.2 Å². The lowest BCUT2D eigenvalue weighted by Gasteiger charge is -2.08. The highest BCUT2D eigenvalue weighted by Gasteiger charge is 2.20. The zero-order valence-electron chi connectivity index (χ0n) is 13.0. The molecule has 4 nitrogen and oxygen atoms in total. The number of ether oxygens (including phenoxy) is 1. The summed E-state index contributed by atoms with van der Waals surface area (Å²) in [7, 11) is -0.891. The van der Waals surface area contributed by atoms with Crippen molar-refractivity contribution >= 4 is 18.6 Å². The van der Waals surface area contributed by atoms with E-state index in [0.717, 1.165) is 25.3 Å². The molecule has 0 aliphatic heterocycles. The SMILES string of the molecule is [2H]C([2H])([2H])C([2H])([2H])c1ccc(B(O)O)c(C(=O)OC)c1. The van der Waals surface area contributed by atoms with Gasteiger partial charge in [0, 0.05) is 6.85 Å². The number of esters is 1. The van der Waals surface area contributed by atoms with Crippen LogP contribution in [-0.4, -0.2) is 30.2 Å². The Morgan fingerprint density at radius 1 is 1.67 bits per heavy atom. The Bertz CT molecular complexity index is 515. The van der Waals surface area contributed by atoms with Gasteiger partial charge in [0.1, 0.15) is 0 Å². The summed E-state index contributed by atoms with van der Waals surface area (Å²) in [4.78, 5) is 11.6. The minimum atomic E-state index is -2.93. The van der Waals surface area contributed by atoms with Crippen molar-refractivity contribution in [2.75, 3.05) is 7.11 Å². The first-order valence-corrected chi connectivity index (χ1v) is 4.11. The van der Waals surface area contributed by atoms with Crippen LogP contribution < -0.4 is 5.46 Å². The van der Waals surface area contributed by atoms with Gasteiger partial charge in [0.05, 0.1) is 12.7 Å². The fourth-order valence-electron chi connectivity index (χ4n) is 1.15. The van der Waals surface area contributed by atoms with E-state index in [1.165, 1.54) is 0 Å². The zero-order chi connectivity index (χ0) is 15.7. The van der Waals surface area contributed by atoms with Crippen LogP contribution in [-0.2, 0) is 11.1 Å². The highest BCUT2D eigenvalue weighted by atomic mass is 16.5. The van der Waals surface area contributed by atoms with E-state index in [2.05, 4.69) is 4.74 Å². The molecule has 0 saturated heterocycles. The molecule has 1 rings (SSSR count). The van der Waals surface area contributed by atoms with E-state index in [-0.39, 0.29) is 16.6 Å². The van der Waals surface area contributed by atoms with Gasteiger partial charge < -0.3 is 14.8 Å². The third-order valence-corrected chi connectivity index (χ3v) is 1.88. The summed E-state index contributed by atoms with van der Waals surface area (Å²) < 4.78 is 41.2. The molecule has 0 spiro atoms. The third-order valence-electron chi connectivity index (χ3n) is 1.88. The summed E-state index contributed by atoms with van der Waals surface area (Å²) in [6, 6.07) is 3.12. The normalized spacial score (nSPS) is 16.6. The molecule has 1 aromatic rings. The number of methoxy groups -OCH3 is 1. The minimum Gasteiger partial charge on any atom is -0.465 e. The number of rotatable bonds is 3. The molecule has 0 amide bonds. The first-order chi connectivity index (χ1) is 9.02. The average molecular weight is 213 g/mol. The van der Waals surface area contributed by atoms with Gasteiger partial charge in [-0.05, 0) is 23.5 Å². The van der Waals surface area contributed by atoms with Crippen LogP contribution >= 0.6 is 0 Å². The van der Waals surface area contributed by atoms with Crippen LogP contribution in [0.15, 0.2) is 18.2 Å². The van der Waals surface area contributed by atoms with Gasteiger partial charge in [-0.1, -0.05) is 19.0 Å². The number of hydrogen-bond acceptors (Lipinski definition) is 4. The van der Waals surface area contributed by atoms with E-state index in [4.69, 9.17) is 16.9 Å². The van der Waals surface area contributed by atoms with Gasteiger partial charge in [0.15, 0.2) is 0 Å². The van der Waals surface area contributed by atoms with E-state index in [1.807, 2.05) is 0 Å². The van der Waals surface area contributed by atoms with E-state index < -0.39 is 26.3 Å². The molecule has 0 heterocycles. The van der Waals surface area contributed by atoms with Crippen LogP contribution in [0, 0.1) is 0 Å². The molecule has 0 saturated carbocycles. The number of aryl methyl sites for hydroxylation is 1. The summed E-state index contributed by atoms with van der Waals surface area (Å²) in [5.41, 5.74) is -0.766. The van der Waals surface area contributed by atoms with E-state index in [0.29, 0.717) is 0 Å². The molecule has 1 aromatic carbocycles. The van der Waals surface area contributed by atoms with Gasteiger partial charge in [-0.3, -0.25) is 0 Å². The summed E-state index contributed by atoms with van der Waals surface area (Å²) in [5.74, 6) is -0.920. The second-order valence-electron chi connectivity index (χ2n) is 2.79. The van der Waals surface area contributed by atoms with Crippen molar-refractivity contribution in [3.63, 3.8) is 0 Å². The Morgan fingerprint density at radius 2 is 2.40 bits per heavy atom. The number of benzene rings is 1. The molecule has 5 heteroatoms. The van der Waals surface area contributed by atoms with Crippen molar-refractivity contribution < 1.29 is 26.4 Å². The molecule has 15 heavy (non-hydrogen) atoms. The predicted molar refractivity (Wildman–Crippen MR) is 57.0 cm³/mol. The van der Waals surface area contributed by atoms with Crippen LogP contribution in [0.25, 0.3) is 0 Å².